The molecule has 0 heterocycles. The lowest BCUT2D eigenvalue weighted by Gasteiger charge is -2.27. The highest BCUT2D eigenvalue weighted by Gasteiger charge is 2.32. The smallest absolute Gasteiger partial charge is 0.207 e. The minimum Gasteiger partial charge on any atom is -0.218 e. The number of hydrogen-bond donors (Lipinski definition) is 0. The molecule has 0 saturated carbocycles. The molecule has 4 rings (SSSR count). The zero-order chi connectivity index (χ0) is 25.4. The maximum Gasteiger partial charge on any atom is 0.207 e. The van der Waals surface area contributed by atoms with Gasteiger partial charge in [-0.15, -0.1) is 0 Å². The van der Waals surface area contributed by atoms with Crippen LogP contribution in [0.25, 0.3) is 22.3 Å². The van der Waals surface area contributed by atoms with Crippen molar-refractivity contribution in [2.45, 2.75) is 62.2 Å². The normalized spacial score (nSPS) is 12.5. The van der Waals surface area contributed by atoms with Crippen molar-refractivity contribution in [2.75, 3.05) is 0 Å². The molecule has 0 aliphatic carbocycles. The molecule has 0 unspecified atom stereocenters. The van der Waals surface area contributed by atoms with Gasteiger partial charge in [0.25, 0.3) is 0 Å². The Morgan fingerprint density at radius 1 is 0.457 bits per heavy atom. The standard InChI is InChI=1S/C32H34O2S/c1-31(2,3)25-19-13-21-27(29(25)23-15-9-7-10-16-23)35(33,34)28-22-14-20-26(32(4,5)6)30(28)24-17-11-8-12-18-24/h7-22H,1-6H3. The van der Waals surface area contributed by atoms with Gasteiger partial charge in [-0.1, -0.05) is 126 Å². The first-order chi connectivity index (χ1) is 16.4. The van der Waals surface area contributed by atoms with Gasteiger partial charge in [0.15, 0.2) is 0 Å². The molecule has 0 amide bonds. The summed E-state index contributed by atoms with van der Waals surface area (Å²) in [6.07, 6.45) is 0. The van der Waals surface area contributed by atoms with Gasteiger partial charge in [-0.2, -0.15) is 0 Å². The molecule has 0 radical (unpaired) electrons. The maximum absolute atomic E-state index is 14.6. The second-order valence-corrected chi connectivity index (χ2v) is 13.0. The number of benzene rings is 4. The van der Waals surface area contributed by atoms with Crippen LogP contribution in [0.2, 0.25) is 0 Å². The fraction of sp³-hybridized carbons (Fsp3) is 0.250. The zero-order valence-electron chi connectivity index (χ0n) is 21.5. The van der Waals surface area contributed by atoms with Crippen LogP contribution in [0.3, 0.4) is 0 Å². The Balaban J connectivity index is 2.10. The summed E-state index contributed by atoms with van der Waals surface area (Å²) in [6.45, 7) is 12.8. The van der Waals surface area contributed by atoms with Gasteiger partial charge in [0.2, 0.25) is 9.84 Å². The Kier molecular flexibility index (Phi) is 6.50. The third-order valence-electron chi connectivity index (χ3n) is 6.37. The van der Waals surface area contributed by atoms with Gasteiger partial charge in [-0.05, 0) is 45.2 Å². The summed E-state index contributed by atoms with van der Waals surface area (Å²) in [5, 5.41) is 0. The molecule has 0 fully saturated rings. The Labute approximate surface area is 210 Å². The van der Waals surface area contributed by atoms with E-state index in [1.807, 2.05) is 84.9 Å². The van der Waals surface area contributed by atoms with E-state index in [1.54, 1.807) is 12.1 Å². The molecular formula is C32H34O2S. The van der Waals surface area contributed by atoms with Gasteiger partial charge >= 0.3 is 0 Å². The molecule has 180 valence electrons. The van der Waals surface area contributed by atoms with Gasteiger partial charge in [0, 0.05) is 11.1 Å². The Bertz CT molecular complexity index is 1330. The highest BCUT2D eigenvalue weighted by atomic mass is 32.2. The average Bonchev–Trinajstić information content (AvgIpc) is 2.83. The third kappa shape index (κ3) is 4.83. The Hall–Kier alpha value is -3.17. The predicted octanol–water partition coefficient (Wildman–Crippen LogP) is 8.45. The van der Waals surface area contributed by atoms with E-state index in [0.29, 0.717) is 9.79 Å². The molecule has 4 aromatic carbocycles. The van der Waals surface area contributed by atoms with Crippen LogP contribution in [0.15, 0.2) is 107 Å². The zero-order valence-corrected chi connectivity index (χ0v) is 22.3. The van der Waals surface area contributed by atoms with Gasteiger partial charge in [0.05, 0.1) is 9.79 Å². The molecule has 3 heteroatoms. The fourth-order valence-electron chi connectivity index (χ4n) is 4.68. The van der Waals surface area contributed by atoms with Gasteiger partial charge in [-0.25, -0.2) is 8.42 Å². The van der Waals surface area contributed by atoms with Crippen molar-refractivity contribution in [3.05, 3.63) is 108 Å². The van der Waals surface area contributed by atoms with E-state index >= 15 is 0 Å². The topological polar surface area (TPSA) is 34.1 Å². The molecule has 4 aromatic rings. The van der Waals surface area contributed by atoms with Crippen LogP contribution < -0.4 is 0 Å². The monoisotopic (exact) mass is 482 g/mol. The molecule has 0 spiro atoms. The average molecular weight is 483 g/mol. The van der Waals surface area contributed by atoms with Crippen molar-refractivity contribution in [2.24, 2.45) is 0 Å². The van der Waals surface area contributed by atoms with E-state index in [4.69, 9.17) is 0 Å². The second kappa shape index (κ2) is 9.13. The first-order valence-corrected chi connectivity index (χ1v) is 13.5. The van der Waals surface area contributed by atoms with Gasteiger partial charge < -0.3 is 0 Å². The van der Waals surface area contributed by atoms with Crippen LogP contribution in [0.1, 0.15) is 52.7 Å². The van der Waals surface area contributed by atoms with Crippen LogP contribution in [-0.2, 0) is 20.7 Å². The van der Waals surface area contributed by atoms with E-state index in [1.165, 1.54) is 0 Å². The molecule has 0 aromatic heterocycles. The molecule has 0 aliphatic rings. The summed E-state index contributed by atoms with van der Waals surface area (Å²) < 4.78 is 29.2. The lowest BCUT2D eigenvalue weighted by molar-refractivity contribution is 0.583. The van der Waals surface area contributed by atoms with Crippen molar-refractivity contribution in [1.29, 1.82) is 0 Å². The molecule has 35 heavy (non-hydrogen) atoms. The van der Waals surface area contributed by atoms with Crippen molar-refractivity contribution in [3.8, 4) is 22.3 Å². The van der Waals surface area contributed by atoms with E-state index in [-0.39, 0.29) is 10.8 Å². The predicted molar refractivity (Wildman–Crippen MR) is 147 cm³/mol. The van der Waals surface area contributed by atoms with Crippen LogP contribution >= 0.6 is 0 Å². The van der Waals surface area contributed by atoms with Crippen LogP contribution in [-0.4, -0.2) is 8.42 Å². The summed E-state index contributed by atoms with van der Waals surface area (Å²) in [6, 6.07) is 31.1. The van der Waals surface area contributed by atoms with Crippen LogP contribution in [0, 0.1) is 0 Å². The first kappa shape index (κ1) is 24.9. The van der Waals surface area contributed by atoms with Crippen molar-refractivity contribution in [3.63, 3.8) is 0 Å². The van der Waals surface area contributed by atoms with Crippen LogP contribution in [0.5, 0.6) is 0 Å². The lowest BCUT2D eigenvalue weighted by Crippen LogP contribution is -2.17. The summed E-state index contributed by atoms with van der Waals surface area (Å²) in [7, 11) is -3.86. The summed E-state index contributed by atoms with van der Waals surface area (Å²) in [4.78, 5) is 0.693. The first-order valence-electron chi connectivity index (χ1n) is 12.1. The molecule has 0 aliphatic heterocycles. The van der Waals surface area contributed by atoms with Crippen molar-refractivity contribution in [1.82, 2.24) is 0 Å². The highest BCUT2D eigenvalue weighted by Crippen LogP contribution is 2.43. The fourth-order valence-corrected chi connectivity index (χ4v) is 6.43. The summed E-state index contributed by atoms with van der Waals surface area (Å²) in [5.74, 6) is 0. The number of sulfone groups is 1. The molecule has 0 bridgehead atoms. The Morgan fingerprint density at radius 2 is 0.800 bits per heavy atom. The van der Waals surface area contributed by atoms with Crippen molar-refractivity contribution < 1.29 is 8.42 Å². The summed E-state index contributed by atoms with van der Waals surface area (Å²) in [5.41, 5.74) is 4.94. The Morgan fingerprint density at radius 3 is 1.11 bits per heavy atom. The minimum atomic E-state index is -3.86. The minimum absolute atomic E-state index is 0.230. The SMILES string of the molecule is CC(C)(C)c1cccc(S(=O)(=O)c2cccc(C(C)(C)C)c2-c2ccccc2)c1-c1ccccc1. The second-order valence-electron chi connectivity index (χ2n) is 11.1. The molecule has 0 atom stereocenters. The molecule has 2 nitrogen and oxygen atoms in total. The van der Waals surface area contributed by atoms with Gasteiger partial charge in [0.1, 0.15) is 0 Å². The largest absolute Gasteiger partial charge is 0.218 e. The number of rotatable bonds is 4. The van der Waals surface area contributed by atoms with E-state index < -0.39 is 9.84 Å². The molecular weight excluding hydrogens is 448 g/mol. The number of hydrogen-bond acceptors (Lipinski definition) is 2. The lowest BCUT2D eigenvalue weighted by atomic mass is 9.82. The third-order valence-corrected chi connectivity index (χ3v) is 8.21. The summed E-state index contributed by atoms with van der Waals surface area (Å²) >= 11 is 0. The van der Waals surface area contributed by atoms with Crippen LogP contribution in [0.4, 0.5) is 0 Å². The van der Waals surface area contributed by atoms with E-state index in [0.717, 1.165) is 33.4 Å². The van der Waals surface area contributed by atoms with Crippen molar-refractivity contribution >= 4 is 9.84 Å². The molecule has 0 saturated heterocycles. The molecule has 0 N–H and O–H groups in total. The highest BCUT2D eigenvalue weighted by molar-refractivity contribution is 7.91. The maximum atomic E-state index is 14.6. The van der Waals surface area contributed by atoms with E-state index in [9.17, 15) is 8.42 Å². The van der Waals surface area contributed by atoms with E-state index in [2.05, 4.69) is 41.5 Å². The quantitative estimate of drug-likeness (QED) is 0.292. The van der Waals surface area contributed by atoms with Gasteiger partial charge in [-0.3, -0.25) is 0 Å².